The van der Waals surface area contributed by atoms with Gasteiger partial charge >= 0.3 is 0 Å². The second-order valence-electron chi connectivity index (χ2n) is 6.88. The van der Waals surface area contributed by atoms with Crippen molar-refractivity contribution in [3.63, 3.8) is 0 Å². The fourth-order valence-corrected chi connectivity index (χ4v) is 3.74. The Morgan fingerprint density at radius 2 is 2.10 bits per heavy atom. The molecule has 11 heteroatoms. The van der Waals surface area contributed by atoms with Crippen molar-refractivity contribution in [3.05, 3.63) is 51.3 Å². The SMILES string of the molecule is CC(Nc1ncnc(N)c1C#N)c1nc2cccc(Cl)c2c(=O)n1N1CCNCC1. The number of hydrogen-bond acceptors (Lipinski definition) is 9. The summed E-state index contributed by atoms with van der Waals surface area (Å²) in [4.78, 5) is 26.2. The Balaban J connectivity index is 1.86. The largest absolute Gasteiger partial charge is 0.382 e. The molecule has 0 radical (unpaired) electrons. The van der Waals surface area contributed by atoms with Crippen LogP contribution in [0.1, 0.15) is 24.4 Å². The molecule has 0 amide bonds. The molecular formula is C19H20ClN9O. The van der Waals surface area contributed by atoms with Gasteiger partial charge in [0.25, 0.3) is 5.56 Å². The molecule has 0 spiro atoms. The summed E-state index contributed by atoms with van der Waals surface area (Å²) in [6.45, 7) is 4.61. The number of anilines is 2. The van der Waals surface area contributed by atoms with Crippen molar-refractivity contribution in [1.82, 2.24) is 24.9 Å². The number of benzene rings is 1. The number of halogens is 1. The molecule has 1 fully saturated rings. The zero-order valence-corrected chi connectivity index (χ0v) is 17.0. The highest BCUT2D eigenvalue weighted by Gasteiger charge is 2.24. The number of nitrogen functional groups attached to an aromatic ring is 1. The van der Waals surface area contributed by atoms with Gasteiger partial charge in [-0.05, 0) is 19.1 Å². The highest BCUT2D eigenvalue weighted by atomic mass is 35.5. The Morgan fingerprint density at radius 1 is 1.33 bits per heavy atom. The molecule has 3 heterocycles. The minimum atomic E-state index is -0.461. The molecule has 0 bridgehead atoms. The van der Waals surface area contributed by atoms with Gasteiger partial charge < -0.3 is 21.4 Å². The van der Waals surface area contributed by atoms with Crippen LogP contribution in [0.2, 0.25) is 5.02 Å². The van der Waals surface area contributed by atoms with Crippen LogP contribution < -0.4 is 26.9 Å². The zero-order chi connectivity index (χ0) is 21.3. The van der Waals surface area contributed by atoms with Crippen LogP contribution in [0.5, 0.6) is 0 Å². The lowest BCUT2D eigenvalue weighted by atomic mass is 10.2. The van der Waals surface area contributed by atoms with Gasteiger partial charge in [0.05, 0.1) is 22.0 Å². The maximum absolute atomic E-state index is 13.5. The first-order valence-electron chi connectivity index (χ1n) is 9.45. The summed E-state index contributed by atoms with van der Waals surface area (Å²) in [6.07, 6.45) is 1.28. The van der Waals surface area contributed by atoms with Crippen LogP contribution in [0.25, 0.3) is 10.9 Å². The van der Waals surface area contributed by atoms with E-state index in [0.29, 0.717) is 34.8 Å². The summed E-state index contributed by atoms with van der Waals surface area (Å²) in [5.41, 5.74) is 6.20. The molecule has 10 nitrogen and oxygen atoms in total. The van der Waals surface area contributed by atoms with Crippen molar-refractivity contribution < 1.29 is 0 Å². The van der Waals surface area contributed by atoms with Crippen molar-refractivity contribution in [2.24, 2.45) is 0 Å². The molecule has 154 valence electrons. The van der Waals surface area contributed by atoms with E-state index in [2.05, 4.69) is 20.6 Å². The van der Waals surface area contributed by atoms with Crippen LogP contribution in [0.3, 0.4) is 0 Å². The summed E-state index contributed by atoms with van der Waals surface area (Å²) in [5, 5.41) is 18.5. The molecular weight excluding hydrogens is 406 g/mol. The fraction of sp³-hybridized carbons (Fsp3) is 0.316. The highest BCUT2D eigenvalue weighted by molar-refractivity contribution is 6.35. The highest BCUT2D eigenvalue weighted by Crippen LogP contribution is 2.24. The first-order chi connectivity index (χ1) is 14.5. The number of nitrogens with one attached hydrogen (secondary N) is 2. The Bertz CT molecular complexity index is 1200. The molecule has 1 aliphatic rings. The first kappa shape index (κ1) is 19.9. The predicted molar refractivity (Wildman–Crippen MR) is 115 cm³/mol. The summed E-state index contributed by atoms with van der Waals surface area (Å²) < 4.78 is 1.57. The summed E-state index contributed by atoms with van der Waals surface area (Å²) in [7, 11) is 0. The third kappa shape index (κ3) is 3.49. The number of aromatic nitrogens is 4. The number of piperazine rings is 1. The van der Waals surface area contributed by atoms with E-state index in [1.54, 1.807) is 22.9 Å². The number of nitrogens with two attached hydrogens (primary N) is 1. The van der Waals surface area contributed by atoms with E-state index in [1.165, 1.54) is 6.33 Å². The van der Waals surface area contributed by atoms with Crippen molar-refractivity contribution in [2.75, 3.05) is 42.2 Å². The second-order valence-corrected chi connectivity index (χ2v) is 7.29. The van der Waals surface area contributed by atoms with Crippen LogP contribution in [0, 0.1) is 11.3 Å². The minimum Gasteiger partial charge on any atom is -0.382 e. The molecule has 0 aliphatic carbocycles. The fourth-order valence-electron chi connectivity index (χ4n) is 3.49. The van der Waals surface area contributed by atoms with Gasteiger partial charge in [0, 0.05) is 26.2 Å². The van der Waals surface area contributed by atoms with Gasteiger partial charge in [0.15, 0.2) is 5.82 Å². The Labute approximate surface area is 177 Å². The predicted octanol–water partition coefficient (Wildman–Crippen LogP) is 1.01. The molecule has 3 aromatic rings. The summed E-state index contributed by atoms with van der Waals surface area (Å²) in [6, 6.07) is 6.74. The third-order valence-corrected chi connectivity index (χ3v) is 5.27. The van der Waals surface area contributed by atoms with E-state index in [4.69, 9.17) is 22.3 Å². The maximum atomic E-state index is 13.5. The van der Waals surface area contributed by atoms with Gasteiger partial charge in [0.2, 0.25) is 0 Å². The average molecular weight is 426 g/mol. The molecule has 4 N–H and O–H groups in total. The number of rotatable bonds is 4. The third-order valence-electron chi connectivity index (χ3n) is 4.96. The molecule has 1 saturated heterocycles. The van der Waals surface area contributed by atoms with Crippen LogP contribution in [0.4, 0.5) is 11.6 Å². The molecule has 1 atom stereocenters. The van der Waals surface area contributed by atoms with Gasteiger partial charge in [-0.25, -0.2) is 19.6 Å². The summed E-state index contributed by atoms with van der Waals surface area (Å²) >= 11 is 6.33. The maximum Gasteiger partial charge on any atom is 0.281 e. The number of nitriles is 1. The number of fused-ring (bicyclic) bond motifs is 1. The topological polar surface area (TPSA) is 138 Å². The van der Waals surface area contributed by atoms with Crippen LogP contribution in [-0.2, 0) is 0 Å². The lowest BCUT2D eigenvalue weighted by Crippen LogP contribution is -2.54. The van der Waals surface area contributed by atoms with E-state index in [-0.39, 0.29) is 22.8 Å². The monoisotopic (exact) mass is 425 g/mol. The lowest BCUT2D eigenvalue weighted by Gasteiger charge is -2.33. The van der Waals surface area contributed by atoms with Gasteiger partial charge in [-0.3, -0.25) is 4.79 Å². The Hall–Kier alpha value is -3.42. The van der Waals surface area contributed by atoms with E-state index in [1.807, 2.05) is 18.0 Å². The molecule has 1 aromatic carbocycles. The van der Waals surface area contributed by atoms with E-state index in [9.17, 15) is 10.1 Å². The molecule has 2 aromatic heterocycles. The smallest absolute Gasteiger partial charge is 0.281 e. The Morgan fingerprint density at radius 3 is 2.83 bits per heavy atom. The van der Waals surface area contributed by atoms with Gasteiger partial charge in [-0.2, -0.15) is 5.26 Å². The lowest BCUT2D eigenvalue weighted by molar-refractivity contribution is 0.461. The van der Waals surface area contributed by atoms with Gasteiger partial charge in [-0.15, -0.1) is 0 Å². The van der Waals surface area contributed by atoms with Crippen LogP contribution in [0.15, 0.2) is 29.3 Å². The molecule has 0 saturated carbocycles. The molecule has 1 aliphatic heterocycles. The van der Waals surface area contributed by atoms with Gasteiger partial charge in [-0.1, -0.05) is 17.7 Å². The second kappa shape index (κ2) is 8.14. The number of nitrogens with zero attached hydrogens (tertiary/aromatic N) is 6. The van der Waals surface area contributed by atoms with Crippen LogP contribution in [-0.4, -0.2) is 45.8 Å². The average Bonchev–Trinajstić information content (AvgIpc) is 2.74. The molecule has 4 rings (SSSR count). The molecule has 30 heavy (non-hydrogen) atoms. The first-order valence-corrected chi connectivity index (χ1v) is 9.83. The molecule has 1 unspecified atom stereocenters. The van der Waals surface area contributed by atoms with Crippen molar-refractivity contribution >= 4 is 34.1 Å². The van der Waals surface area contributed by atoms with E-state index in [0.717, 1.165) is 13.1 Å². The minimum absolute atomic E-state index is 0.0833. The van der Waals surface area contributed by atoms with Crippen molar-refractivity contribution in [3.8, 4) is 6.07 Å². The quantitative estimate of drug-likeness (QED) is 0.558. The Kier molecular flexibility index (Phi) is 5.39. The normalized spacial score (nSPS) is 15.0. The van der Waals surface area contributed by atoms with Gasteiger partial charge in [0.1, 0.15) is 29.6 Å². The van der Waals surface area contributed by atoms with Crippen molar-refractivity contribution in [2.45, 2.75) is 13.0 Å². The van der Waals surface area contributed by atoms with E-state index >= 15 is 0 Å². The summed E-state index contributed by atoms with van der Waals surface area (Å²) in [5.74, 6) is 0.850. The van der Waals surface area contributed by atoms with E-state index < -0.39 is 6.04 Å². The standard InChI is InChI=1S/C19H20ClN9O/c1-11(26-17-12(9-21)16(22)24-10-25-17)18-27-14-4-2-3-13(20)15(14)19(30)29(18)28-7-5-23-6-8-28/h2-4,10-11,23H,5-8H2,1H3,(H3,22,24,25,26). The zero-order valence-electron chi connectivity index (χ0n) is 16.3. The van der Waals surface area contributed by atoms with Crippen molar-refractivity contribution in [1.29, 1.82) is 5.26 Å². The van der Waals surface area contributed by atoms with Crippen LogP contribution >= 0.6 is 11.6 Å². The number of hydrogen-bond donors (Lipinski definition) is 3.